The molecule has 5 nitrogen and oxygen atoms in total. The van der Waals surface area contributed by atoms with Crippen LogP contribution >= 0.6 is 0 Å². The average Bonchev–Trinajstić information content (AvgIpc) is 3.86. The number of pyridine rings is 1. The molecule has 1 aliphatic carbocycles. The van der Waals surface area contributed by atoms with Crippen LogP contribution in [-0.4, -0.2) is 24.1 Å². The molecule has 12 aromatic rings. The molecule has 4 aromatic heterocycles. The molecule has 1 aliphatic rings. The Balaban J connectivity index is 0.981. The van der Waals surface area contributed by atoms with E-state index in [2.05, 4.69) is 210 Å². The fourth-order valence-corrected chi connectivity index (χ4v) is 10.3. The molecule has 0 radical (unpaired) electrons. The Hall–Kier alpha value is -8.15. The van der Waals surface area contributed by atoms with Crippen molar-refractivity contribution < 1.29 is 0 Å². The van der Waals surface area contributed by atoms with Gasteiger partial charge < -0.3 is 4.57 Å². The van der Waals surface area contributed by atoms with Gasteiger partial charge in [0.25, 0.3) is 0 Å². The van der Waals surface area contributed by atoms with Gasteiger partial charge in [-0.15, -0.1) is 0 Å². The minimum absolute atomic E-state index is 0.231. The fourth-order valence-electron chi connectivity index (χ4n) is 10.3. The summed E-state index contributed by atoms with van der Waals surface area (Å²) in [5.74, 6) is 0.671. The van der Waals surface area contributed by atoms with E-state index >= 15 is 0 Å². The zero-order chi connectivity index (χ0) is 41.8. The van der Waals surface area contributed by atoms with Gasteiger partial charge in [-0.2, -0.15) is 0 Å². The fraction of sp³-hybridized carbons (Fsp3) is 0.0517. The van der Waals surface area contributed by atoms with Crippen molar-refractivity contribution in [3.8, 4) is 56.4 Å². The first-order valence-electron chi connectivity index (χ1n) is 21.6. The Bertz CT molecular complexity index is 3800. The highest BCUT2D eigenvalue weighted by Crippen LogP contribution is 2.49. The summed E-state index contributed by atoms with van der Waals surface area (Å²) in [5, 5.41) is 5.90. The molecule has 13 rings (SSSR count). The van der Waals surface area contributed by atoms with Gasteiger partial charge in [0, 0.05) is 55.4 Å². The van der Waals surface area contributed by atoms with Crippen LogP contribution in [0.25, 0.3) is 111 Å². The first kappa shape index (κ1) is 35.6. The van der Waals surface area contributed by atoms with Crippen LogP contribution in [0.4, 0.5) is 0 Å². The van der Waals surface area contributed by atoms with Crippen LogP contribution in [-0.2, 0) is 5.41 Å². The SMILES string of the molecule is CC1(C)c2ccccc2-c2nc(-n3c4ccccc4c4cc(-c5ccc6c(c5)c5ccccc5n6-c5ccc(-c6ccccn6)cc5)ccc43)nc3cc(-c4ccccc4)cc1c23. The summed E-state index contributed by atoms with van der Waals surface area (Å²) in [7, 11) is 0. The first-order chi connectivity index (χ1) is 31.0. The van der Waals surface area contributed by atoms with Gasteiger partial charge in [0.05, 0.1) is 39.0 Å². The van der Waals surface area contributed by atoms with E-state index in [0.717, 1.165) is 66.7 Å². The Morgan fingerprint density at radius 1 is 0.413 bits per heavy atom. The standard InChI is InChI=1S/C58H39N5/c1-58(2)47-19-9-6-18-44(47)56-55-48(58)34-40(36-14-4-3-5-15-36)35-50(55)60-57(61-56)63-52-22-11-8-17-43(52)46-33-39(26-30-54(46)63)38-25-29-53-45(32-38)42-16-7-10-21-51(42)62(53)41-27-23-37(24-28-41)49-20-12-13-31-59-49/h3-35H,1-2H3. The molecule has 0 bridgehead atoms. The summed E-state index contributed by atoms with van der Waals surface area (Å²) < 4.78 is 4.63. The largest absolute Gasteiger partial charge is 0.309 e. The van der Waals surface area contributed by atoms with Gasteiger partial charge in [0.1, 0.15) is 0 Å². The first-order valence-corrected chi connectivity index (χ1v) is 21.6. The molecule has 296 valence electrons. The van der Waals surface area contributed by atoms with Crippen molar-refractivity contribution in [2.75, 3.05) is 0 Å². The lowest BCUT2D eigenvalue weighted by Gasteiger charge is -2.35. The zero-order valence-electron chi connectivity index (χ0n) is 34.8. The van der Waals surface area contributed by atoms with Crippen molar-refractivity contribution in [3.05, 3.63) is 211 Å². The number of hydrogen-bond acceptors (Lipinski definition) is 3. The van der Waals surface area contributed by atoms with E-state index in [1.54, 1.807) is 0 Å². The van der Waals surface area contributed by atoms with Gasteiger partial charge in [-0.1, -0.05) is 135 Å². The van der Waals surface area contributed by atoms with E-state index < -0.39 is 0 Å². The van der Waals surface area contributed by atoms with Gasteiger partial charge in [0.2, 0.25) is 5.95 Å². The molecule has 0 saturated carbocycles. The summed E-state index contributed by atoms with van der Waals surface area (Å²) in [5.41, 5.74) is 17.7. The van der Waals surface area contributed by atoms with Crippen LogP contribution in [0.2, 0.25) is 0 Å². The molecule has 5 heteroatoms. The highest BCUT2D eigenvalue weighted by atomic mass is 15.2. The molecule has 4 heterocycles. The third-order valence-electron chi connectivity index (χ3n) is 13.4. The number of aromatic nitrogens is 5. The number of fused-ring (bicyclic) bond motifs is 8. The normalized spacial score (nSPS) is 13.0. The number of hydrogen-bond donors (Lipinski definition) is 0. The third-order valence-corrected chi connectivity index (χ3v) is 13.4. The maximum atomic E-state index is 5.52. The predicted octanol–water partition coefficient (Wildman–Crippen LogP) is 14.5. The number of rotatable bonds is 5. The van der Waals surface area contributed by atoms with E-state index in [1.807, 2.05) is 18.3 Å². The van der Waals surface area contributed by atoms with Crippen LogP contribution in [0.3, 0.4) is 0 Å². The van der Waals surface area contributed by atoms with Crippen molar-refractivity contribution in [3.63, 3.8) is 0 Å². The second-order valence-corrected chi connectivity index (χ2v) is 17.3. The van der Waals surface area contributed by atoms with Crippen LogP contribution in [0.5, 0.6) is 0 Å². The van der Waals surface area contributed by atoms with Crippen molar-refractivity contribution in [1.82, 2.24) is 24.1 Å². The van der Waals surface area contributed by atoms with Crippen molar-refractivity contribution in [2.24, 2.45) is 0 Å². The molecule has 0 spiro atoms. The lowest BCUT2D eigenvalue weighted by molar-refractivity contribution is 0.644. The summed E-state index contributed by atoms with van der Waals surface area (Å²) in [4.78, 5) is 15.6. The Kier molecular flexibility index (Phi) is 7.58. The van der Waals surface area contributed by atoms with E-state index in [1.165, 1.54) is 49.4 Å². The molecular formula is C58H39N5. The lowest BCUT2D eigenvalue weighted by atomic mass is 9.69. The van der Waals surface area contributed by atoms with Gasteiger partial charge >= 0.3 is 0 Å². The summed E-state index contributed by atoms with van der Waals surface area (Å²) >= 11 is 0. The maximum absolute atomic E-state index is 5.52. The molecule has 63 heavy (non-hydrogen) atoms. The Morgan fingerprint density at radius 2 is 1.02 bits per heavy atom. The van der Waals surface area contributed by atoms with Crippen molar-refractivity contribution >= 4 is 54.5 Å². The predicted molar refractivity (Wildman–Crippen MR) is 260 cm³/mol. The monoisotopic (exact) mass is 805 g/mol. The zero-order valence-corrected chi connectivity index (χ0v) is 34.8. The van der Waals surface area contributed by atoms with Gasteiger partial charge in [-0.25, -0.2) is 9.97 Å². The number of para-hydroxylation sites is 2. The van der Waals surface area contributed by atoms with Crippen LogP contribution < -0.4 is 0 Å². The molecule has 0 fully saturated rings. The third kappa shape index (κ3) is 5.33. The van der Waals surface area contributed by atoms with Crippen molar-refractivity contribution in [2.45, 2.75) is 19.3 Å². The molecule has 0 N–H and O–H groups in total. The smallest absolute Gasteiger partial charge is 0.235 e. The topological polar surface area (TPSA) is 48.5 Å². The van der Waals surface area contributed by atoms with Crippen LogP contribution in [0, 0.1) is 0 Å². The minimum Gasteiger partial charge on any atom is -0.309 e. The van der Waals surface area contributed by atoms with Crippen molar-refractivity contribution in [1.29, 1.82) is 0 Å². The highest BCUT2D eigenvalue weighted by Gasteiger charge is 2.35. The summed E-state index contributed by atoms with van der Waals surface area (Å²) in [6.45, 7) is 4.66. The lowest BCUT2D eigenvalue weighted by Crippen LogP contribution is -2.24. The van der Waals surface area contributed by atoms with Gasteiger partial charge in [-0.05, 0) is 106 Å². The molecule has 0 amide bonds. The van der Waals surface area contributed by atoms with E-state index in [4.69, 9.17) is 9.97 Å². The van der Waals surface area contributed by atoms with E-state index in [-0.39, 0.29) is 5.41 Å². The maximum Gasteiger partial charge on any atom is 0.235 e. The highest BCUT2D eigenvalue weighted by molar-refractivity contribution is 6.13. The number of nitrogens with zero attached hydrogens (tertiary/aromatic N) is 5. The number of benzene rings is 8. The van der Waals surface area contributed by atoms with E-state index in [9.17, 15) is 0 Å². The quantitative estimate of drug-likeness (QED) is 0.174. The Morgan fingerprint density at radius 3 is 1.73 bits per heavy atom. The molecule has 0 aliphatic heterocycles. The Labute approximate surface area is 364 Å². The van der Waals surface area contributed by atoms with Crippen LogP contribution in [0.15, 0.2) is 200 Å². The molecule has 8 aromatic carbocycles. The molecule has 0 saturated heterocycles. The van der Waals surface area contributed by atoms with Gasteiger partial charge in [0.15, 0.2) is 0 Å². The summed E-state index contributed by atoms with van der Waals surface area (Å²) in [6, 6.07) is 69.9. The molecule has 0 unspecified atom stereocenters. The molecule has 0 atom stereocenters. The minimum atomic E-state index is -0.231. The van der Waals surface area contributed by atoms with Gasteiger partial charge in [-0.3, -0.25) is 9.55 Å². The average molecular weight is 806 g/mol. The second-order valence-electron chi connectivity index (χ2n) is 17.3. The summed E-state index contributed by atoms with van der Waals surface area (Å²) in [6.07, 6.45) is 1.84. The van der Waals surface area contributed by atoms with E-state index in [0.29, 0.717) is 5.95 Å². The second kappa shape index (κ2) is 13.4. The molecular weight excluding hydrogens is 767 g/mol. The van der Waals surface area contributed by atoms with Crippen LogP contribution in [0.1, 0.15) is 25.0 Å².